The Kier molecular flexibility index (Phi) is 4.02. The van der Waals surface area contributed by atoms with Crippen molar-refractivity contribution < 1.29 is 4.39 Å². The van der Waals surface area contributed by atoms with Gasteiger partial charge in [0.15, 0.2) is 0 Å². The number of benzene rings is 1. The van der Waals surface area contributed by atoms with E-state index in [1.54, 1.807) is 23.5 Å². The third-order valence-corrected chi connectivity index (χ3v) is 3.92. The normalized spacial score (nSPS) is 11.8. The largest absolute Gasteiger partial charge is 0.306 e. The van der Waals surface area contributed by atoms with Gasteiger partial charge in [-0.15, -0.1) is 11.3 Å². The van der Waals surface area contributed by atoms with Gasteiger partial charge in [-0.1, -0.05) is 12.1 Å². The SMILES string of the molecule is Cc1nc(CNC(C)(C)C)sc1-c1ccc(F)cc1. The lowest BCUT2D eigenvalue weighted by molar-refractivity contribution is 0.423. The van der Waals surface area contributed by atoms with Gasteiger partial charge < -0.3 is 5.32 Å². The number of nitrogens with zero attached hydrogens (tertiary/aromatic N) is 1. The molecule has 0 aliphatic heterocycles. The lowest BCUT2D eigenvalue weighted by atomic mass is 10.1. The summed E-state index contributed by atoms with van der Waals surface area (Å²) >= 11 is 1.66. The number of rotatable bonds is 3. The zero-order valence-corrected chi connectivity index (χ0v) is 12.6. The van der Waals surface area contributed by atoms with Crippen LogP contribution in [0.5, 0.6) is 0 Å². The van der Waals surface area contributed by atoms with Crippen LogP contribution in [0.3, 0.4) is 0 Å². The topological polar surface area (TPSA) is 24.9 Å². The summed E-state index contributed by atoms with van der Waals surface area (Å²) in [6, 6.07) is 6.58. The van der Waals surface area contributed by atoms with E-state index in [0.717, 1.165) is 27.7 Å². The average Bonchev–Trinajstić information content (AvgIpc) is 2.68. The van der Waals surface area contributed by atoms with Gasteiger partial charge in [0.2, 0.25) is 0 Å². The number of aromatic nitrogens is 1. The summed E-state index contributed by atoms with van der Waals surface area (Å²) in [7, 11) is 0. The van der Waals surface area contributed by atoms with E-state index in [9.17, 15) is 4.39 Å². The molecule has 4 heteroatoms. The Morgan fingerprint density at radius 1 is 1.21 bits per heavy atom. The Labute approximate surface area is 117 Å². The second kappa shape index (κ2) is 5.39. The molecular weight excluding hydrogens is 259 g/mol. The van der Waals surface area contributed by atoms with Crippen molar-refractivity contribution in [3.05, 3.63) is 40.8 Å². The number of thiazole rings is 1. The standard InChI is InChI=1S/C15H19FN2S/c1-10-14(11-5-7-12(16)8-6-11)19-13(18-10)9-17-15(2,3)4/h5-8,17H,9H2,1-4H3. The molecule has 0 spiro atoms. The van der Waals surface area contributed by atoms with Crippen molar-refractivity contribution in [1.82, 2.24) is 10.3 Å². The van der Waals surface area contributed by atoms with Gasteiger partial charge in [-0.25, -0.2) is 9.37 Å². The van der Waals surface area contributed by atoms with Gasteiger partial charge in [0.05, 0.1) is 10.6 Å². The lowest BCUT2D eigenvalue weighted by Gasteiger charge is -2.19. The van der Waals surface area contributed by atoms with Crippen molar-refractivity contribution in [3.63, 3.8) is 0 Å². The highest BCUT2D eigenvalue weighted by Crippen LogP contribution is 2.30. The lowest BCUT2D eigenvalue weighted by Crippen LogP contribution is -2.35. The van der Waals surface area contributed by atoms with E-state index in [0.29, 0.717) is 0 Å². The molecule has 0 aliphatic rings. The summed E-state index contributed by atoms with van der Waals surface area (Å²) < 4.78 is 12.9. The minimum Gasteiger partial charge on any atom is -0.306 e. The van der Waals surface area contributed by atoms with Gasteiger partial charge in [-0.05, 0) is 45.4 Å². The van der Waals surface area contributed by atoms with E-state index in [2.05, 4.69) is 31.1 Å². The van der Waals surface area contributed by atoms with Gasteiger partial charge in [-0.2, -0.15) is 0 Å². The van der Waals surface area contributed by atoms with E-state index in [4.69, 9.17) is 0 Å². The second-order valence-electron chi connectivity index (χ2n) is 5.63. The van der Waals surface area contributed by atoms with Crippen molar-refractivity contribution in [2.75, 3.05) is 0 Å². The molecule has 0 amide bonds. The van der Waals surface area contributed by atoms with Crippen LogP contribution < -0.4 is 5.32 Å². The molecule has 19 heavy (non-hydrogen) atoms. The molecule has 1 N–H and O–H groups in total. The van der Waals surface area contributed by atoms with Crippen molar-refractivity contribution in [2.45, 2.75) is 39.8 Å². The van der Waals surface area contributed by atoms with Gasteiger partial charge in [0, 0.05) is 12.1 Å². The first-order valence-corrected chi connectivity index (χ1v) is 7.14. The first kappa shape index (κ1) is 14.2. The van der Waals surface area contributed by atoms with Crippen LogP contribution in [0.25, 0.3) is 10.4 Å². The molecule has 0 atom stereocenters. The highest BCUT2D eigenvalue weighted by atomic mass is 32.1. The molecule has 0 fully saturated rings. The van der Waals surface area contributed by atoms with Crippen molar-refractivity contribution >= 4 is 11.3 Å². The van der Waals surface area contributed by atoms with E-state index in [1.165, 1.54) is 12.1 Å². The van der Waals surface area contributed by atoms with E-state index in [-0.39, 0.29) is 11.4 Å². The van der Waals surface area contributed by atoms with Crippen LogP contribution in [0.4, 0.5) is 4.39 Å². The maximum absolute atomic E-state index is 12.9. The van der Waals surface area contributed by atoms with Crippen LogP contribution in [-0.4, -0.2) is 10.5 Å². The van der Waals surface area contributed by atoms with E-state index >= 15 is 0 Å². The number of nitrogens with one attached hydrogen (secondary N) is 1. The summed E-state index contributed by atoms with van der Waals surface area (Å²) in [5.74, 6) is -0.208. The molecule has 1 heterocycles. The maximum Gasteiger partial charge on any atom is 0.123 e. The van der Waals surface area contributed by atoms with Gasteiger partial charge in [0.1, 0.15) is 10.8 Å². The number of aryl methyl sites for hydroxylation is 1. The molecular formula is C15H19FN2S. The highest BCUT2D eigenvalue weighted by Gasteiger charge is 2.13. The molecule has 102 valence electrons. The highest BCUT2D eigenvalue weighted by molar-refractivity contribution is 7.15. The third kappa shape index (κ3) is 3.85. The molecule has 2 aromatic rings. The number of halogens is 1. The Bertz CT molecular complexity index is 553. The number of hydrogen-bond acceptors (Lipinski definition) is 3. The van der Waals surface area contributed by atoms with Crippen LogP contribution >= 0.6 is 11.3 Å². The van der Waals surface area contributed by atoms with Crippen LogP contribution in [0.1, 0.15) is 31.5 Å². The van der Waals surface area contributed by atoms with Crippen molar-refractivity contribution in [2.24, 2.45) is 0 Å². The van der Waals surface area contributed by atoms with Crippen molar-refractivity contribution in [3.8, 4) is 10.4 Å². The monoisotopic (exact) mass is 278 g/mol. The van der Waals surface area contributed by atoms with Crippen LogP contribution in [0, 0.1) is 12.7 Å². The molecule has 0 aliphatic carbocycles. The predicted octanol–water partition coefficient (Wildman–Crippen LogP) is 4.15. The molecule has 1 aromatic heterocycles. The van der Waals surface area contributed by atoms with Crippen LogP contribution in [-0.2, 0) is 6.54 Å². The van der Waals surface area contributed by atoms with Gasteiger partial charge in [-0.3, -0.25) is 0 Å². The fourth-order valence-electron chi connectivity index (χ4n) is 1.74. The quantitative estimate of drug-likeness (QED) is 0.912. The van der Waals surface area contributed by atoms with Gasteiger partial charge >= 0.3 is 0 Å². The zero-order valence-electron chi connectivity index (χ0n) is 11.7. The van der Waals surface area contributed by atoms with Gasteiger partial charge in [0.25, 0.3) is 0 Å². The van der Waals surface area contributed by atoms with E-state index < -0.39 is 0 Å². The minimum absolute atomic E-state index is 0.0790. The predicted molar refractivity (Wildman–Crippen MR) is 78.8 cm³/mol. The molecule has 0 bridgehead atoms. The summed E-state index contributed by atoms with van der Waals surface area (Å²) in [6.45, 7) is 9.16. The summed E-state index contributed by atoms with van der Waals surface area (Å²) in [4.78, 5) is 5.69. The maximum atomic E-state index is 12.9. The summed E-state index contributed by atoms with van der Waals surface area (Å²) in [6.07, 6.45) is 0. The Balaban J connectivity index is 2.19. The zero-order chi connectivity index (χ0) is 14.0. The number of hydrogen-bond donors (Lipinski definition) is 1. The molecule has 2 nitrogen and oxygen atoms in total. The molecule has 2 rings (SSSR count). The molecule has 0 unspecified atom stereocenters. The molecule has 1 aromatic carbocycles. The summed E-state index contributed by atoms with van der Waals surface area (Å²) in [5.41, 5.74) is 2.11. The van der Waals surface area contributed by atoms with Crippen molar-refractivity contribution in [1.29, 1.82) is 0 Å². The molecule has 0 saturated carbocycles. The molecule has 0 saturated heterocycles. The Morgan fingerprint density at radius 2 is 1.84 bits per heavy atom. The average molecular weight is 278 g/mol. The fraction of sp³-hybridized carbons (Fsp3) is 0.400. The third-order valence-electron chi connectivity index (χ3n) is 2.72. The van der Waals surface area contributed by atoms with E-state index in [1.807, 2.05) is 6.92 Å². The second-order valence-corrected chi connectivity index (χ2v) is 6.72. The Hall–Kier alpha value is -1.26. The first-order valence-electron chi connectivity index (χ1n) is 6.32. The molecule has 0 radical (unpaired) electrons. The smallest absolute Gasteiger partial charge is 0.123 e. The minimum atomic E-state index is -0.208. The first-order chi connectivity index (χ1) is 8.85. The Morgan fingerprint density at radius 3 is 2.42 bits per heavy atom. The fourth-order valence-corrected chi connectivity index (χ4v) is 2.75. The summed E-state index contributed by atoms with van der Waals surface area (Å²) in [5, 5.41) is 4.49. The van der Waals surface area contributed by atoms with Crippen LogP contribution in [0.15, 0.2) is 24.3 Å². The van der Waals surface area contributed by atoms with Crippen LogP contribution in [0.2, 0.25) is 0 Å².